The van der Waals surface area contributed by atoms with Crippen molar-refractivity contribution >= 4 is 11.9 Å². The molecule has 7 heteroatoms. The van der Waals surface area contributed by atoms with E-state index in [0.717, 1.165) is 64.2 Å². The van der Waals surface area contributed by atoms with E-state index in [4.69, 9.17) is 19.7 Å². The lowest BCUT2D eigenvalue weighted by atomic mass is 9.88. The van der Waals surface area contributed by atoms with Gasteiger partial charge in [-0.25, -0.2) is 0 Å². The van der Waals surface area contributed by atoms with Crippen molar-refractivity contribution in [1.29, 1.82) is 0 Å². The minimum atomic E-state index is -0.735. The van der Waals surface area contributed by atoms with Crippen molar-refractivity contribution in [1.82, 2.24) is 0 Å². The number of carbonyl (C=O) groups excluding carboxylic acids is 2. The molecule has 0 aliphatic heterocycles. The van der Waals surface area contributed by atoms with Gasteiger partial charge in [0.1, 0.15) is 13.2 Å². The van der Waals surface area contributed by atoms with Gasteiger partial charge in [0.25, 0.3) is 0 Å². The average molecular weight is 587 g/mol. The second kappa shape index (κ2) is 30.3. The monoisotopic (exact) mass is 586 g/mol. The van der Waals surface area contributed by atoms with Crippen molar-refractivity contribution in [2.24, 2.45) is 5.41 Å². The number of rotatable bonds is 32. The Kier molecular flexibility index (Phi) is 29.4. The van der Waals surface area contributed by atoms with Crippen LogP contribution in [0.1, 0.15) is 167 Å². The second-order valence-corrected chi connectivity index (χ2v) is 12.1. The number of ether oxygens (including phenoxy) is 2. The number of esters is 2. The van der Waals surface area contributed by atoms with Crippen molar-refractivity contribution < 1.29 is 34.4 Å². The van der Waals surface area contributed by atoms with Crippen LogP contribution in [-0.2, 0) is 19.1 Å². The maximum absolute atomic E-state index is 12.2. The predicted octanol–water partition coefficient (Wildman–Crippen LogP) is 7.81. The number of carbonyl (C=O) groups is 2. The normalized spacial score (nSPS) is 11.6. The summed E-state index contributed by atoms with van der Waals surface area (Å²) in [7, 11) is 0. The van der Waals surface area contributed by atoms with Gasteiger partial charge in [0.15, 0.2) is 0 Å². The fourth-order valence-electron chi connectivity index (χ4n) is 5.00. The highest BCUT2D eigenvalue weighted by molar-refractivity contribution is 5.69. The number of aliphatic hydroxyl groups excluding tert-OH is 3. The van der Waals surface area contributed by atoms with Crippen LogP contribution in [0.3, 0.4) is 0 Å². The van der Waals surface area contributed by atoms with E-state index in [-0.39, 0.29) is 31.8 Å². The molecule has 0 aromatic heterocycles. The van der Waals surface area contributed by atoms with Crippen LogP contribution in [0.15, 0.2) is 0 Å². The predicted molar refractivity (Wildman–Crippen MR) is 167 cm³/mol. The first-order valence-electron chi connectivity index (χ1n) is 17.2. The Labute approximate surface area is 252 Å². The van der Waals surface area contributed by atoms with E-state index in [1.54, 1.807) is 0 Å². The van der Waals surface area contributed by atoms with Crippen molar-refractivity contribution in [2.45, 2.75) is 167 Å². The molecule has 0 aromatic carbocycles. The summed E-state index contributed by atoms with van der Waals surface area (Å²) in [5, 5.41) is 27.6. The molecule has 0 atom stereocenters. The molecule has 0 aliphatic rings. The summed E-state index contributed by atoms with van der Waals surface area (Å²) in [4.78, 5) is 24.5. The zero-order valence-electron chi connectivity index (χ0n) is 26.7. The number of hydrogen-bond donors (Lipinski definition) is 3. The van der Waals surface area contributed by atoms with Gasteiger partial charge in [-0.1, -0.05) is 122 Å². The highest BCUT2D eigenvalue weighted by Crippen LogP contribution is 2.24. The topological polar surface area (TPSA) is 113 Å². The van der Waals surface area contributed by atoms with Gasteiger partial charge in [-0.15, -0.1) is 0 Å². The van der Waals surface area contributed by atoms with Crippen LogP contribution in [0.4, 0.5) is 0 Å². The fourth-order valence-corrected chi connectivity index (χ4v) is 5.00. The lowest BCUT2D eigenvalue weighted by Gasteiger charge is -2.29. The smallest absolute Gasteiger partial charge is 0.305 e. The molecule has 0 aliphatic carbocycles. The fraction of sp³-hybridized carbons (Fsp3) is 0.941. The van der Waals surface area contributed by atoms with Crippen LogP contribution >= 0.6 is 0 Å². The molecule has 0 aromatic rings. The van der Waals surface area contributed by atoms with Gasteiger partial charge in [-0.2, -0.15) is 0 Å². The zero-order valence-corrected chi connectivity index (χ0v) is 26.7. The minimum absolute atomic E-state index is 0.0753. The lowest BCUT2D eigenvalue weighted by Crippen LogP contribution is -2.37. The van der Waals surface area contributed by atoms with Crippen LogP contribution in [0, 0.1) is 5.41 Å². The Morgan fingerprint density at radius 2 is 0.732 bits per heavy atom. The zero-order chi connectivity index (χ0) is 30.3. The summed E-state index contributed by atoms with van der Waals surface area (Å²) < 4.78 is 11.0. The molecule has 0 saturated carbocycles. The SMILES string of the molecule is CCC(CO)(COC(=O)CCCCCCCCCCCCCO)COC(=O)CCCCCCCCCCCCCO. The summed E-state index contributed by atoms with van der Waals surface area (Å²) >= 11 is 0. The molecule has 0 spiro atoms. The maximum atomic E-state index is 12.2. The number of unbranched alkanes of at least 4 members (excludes halogenated alkanes) is 20. The Balaban J connectivity index is 3.81. The molecule has 41 heavy (non-hydrogen) atoms. The van der Waals surface area contributed by atoms with Gasteiger partial charge in [-0.05, 0) is 32.1 Å². The molecule has 0 radical (unpaired) electrons. The van der Waals surface area contributed by atoms with Crippen molar-refractivity contribution in [3.05, 3.63) is 0 Å². The molecule has 3 N–H and O–H groups in total. The van der Waals surface area contributed by atoms with Gasteiger partial charge >= 0.3 is 11.9 Å². The van der Waals surface area contributed by atoms with E-state index in [1.807, 2.05) is 6.92 Å². The molecule has 0 heterocycles. The third-order valence-electron chi connectivity index (χ3n) is 8.24. The average Bonchev–Trinajstić information content (AvgIpc) is 2.98. The van der Waals surface area contributed by atoms with E-state index in [2.05, 4.69) is 0 Å². The standard InChI is InChI=1S/C34H66O7/c1-2-34(29-37,30-40-32(38)25-21-17-13-9-5-3-7-11-15-19-23-27-35)31-41-33(39)26-22-18-14-10-6-4-8-12-16-20-24-28-36/h35-37H,2-31H2,1H3. The van der Waals surface area contributed by atoms with Crippen molar-refractivity contribution in [3.8, 4) is 0 Å². The lowest BCUT2D eigenvalue weighted by molar-refractivity contribution is -0.156. The molecule has 0 saturated heterocycles. The first-order chi connectivity index (χ1) is 20.0. The van der Waals surface area contributed by atoms with Crippen LogP contribution in [0.25, 0.3) is 0 Å². The first kappa shape index (κ1) is 39.8. The van der Waals surface area contributed by atoms with E-state index in [1.165, 1.54) is 77.0 Å². The Morgan fingerprint density at radius 3 is 0.976 bits per heavy atom. The molecule has 0 fully saturated rings. The maximum Gasteiger partial charge on any atom is 0.305 e. The summed E-state index contributed by atoms with van der Waals surface area (Å²) in [6.07, 6.45) is 26.3. The molecule has 0 amide bonds. The largest absolute Gasteiger partial charge is 0.465 e. The molecular formula is C34H66O7. The van der Waals surface area contributed by atoms with Gasteiger partial charge in [0.05, 0.1) is 12.0 Å². The molecule has 0 rings (SSSR count). The van der Waals surface area contributed by atoms with Gasteiger partial charge in [-0.3, -0.25) is 9.59 Å². The summed E-state index contributed by atoms with van der Waals surface area (Å²) in [5.41, 5.74) is -0.735. The first-order valence-corrected chi connectivity index (χ1v) is 17.2. The van der Waals surface area contributed by atoms with Crippen LogP contribution in [-0.4, -0.2) is 60.3 Å². The Morgan fingerprint density at radius 1 is 0.463 bits per heavy atom. The van der Waals surface area contributed by atoms with E-state index in [0.29, 0.717) is 32.5 Å². The summed E-state index contributed by atoms with van der Waals surface area (Å²) in [6.45, 7) is 2.49. The van der Waals surface area contributed by atoms with Gasteiger partial charge in [0.2, 0.25) is 0 Å². The highest BCUT2D eigenvalue weighted by Gasteiger charge is 2.31. The van der Waals surface area contributed by atoms with Crippen LogP contribution in [0.2, 0.25) is 0 Å². The quantitative estimate of drug-likeness (QED) is 0.0544. The highest BCUT2D eigenvalue weighted by atomic mass is 16.5. The summed E-state index contributed by atoms with van der Waals surface area (Å²) in [5.74, 6) is -0.487. The number of hydrogen-bond acceptors (Lipinski definition) is 7. The molecule has 244 valence electrons. The van der Waals surface area contributed by atoms with Gasteiger partial charge < -0.3 is 24.8 Å². The van der Waals surface area contributed by atoms with Crippen molar-refractivity contribution in [2.75, 3.05) is 33.0 Å². The van der Waals surface area contributed by atoms with Gasteiger partial charge in [0, 0.05) is 26.1 Å². The van der Waals surface area contributed by atoms with E-state index >= 15 is 0 Å². The third kappa shape index (κ3) is 26.2. The van der Waals surface area contributed by atoms with Crippen LogP contribution < -0.4 is 0 Å². The molecule has 7 nitrogen and oxygen atoms in total. The van der Waals surface area contributed by atoms with E-state index < -0.39 is 5.41 Å². The third-order valence-corrected chi connectivity index (χ3v) is 8.24. The molecule has 0 bridgehead atoms. The van der Waals surface area contributed by atoms with Crippen LogP contribution in [0.5, 0.6) is 0 Å². The number of aliphatic hydroxyl groups is 3. The Bertz CT molecular complexity index is 531. The molecule has 0 unspecified atom stereocenters. The summed E-state index contributed by atoms with van der Waals surface area (Å²) in [6, 6.07) is 0. The Hall–Kier alpha value is -1.18. The van der Waals surface area contributed by atoms with Crippen molar-refractivity contribution in [3.63, 3.8) is 0 Å². The minimum Gasteiger partial charge on any atom is -0.465 e. The second-order valence-electron chi connectivity index (χ2n) is 12.1. The molecular weight excluding hydrogens is 520 g/mol. The van der Waals surface area contributed by atoms with E-state index in [9.17, 15) is 14.7 Å².